The smallest absolute Gasteiger partial charge is 0.0700 e. The minimum atomic E-state index is 0.468. The molecule has 1 saturated heterocycles. The molecular formula is C10H19NO. The Morgan fingerprint density at radius 2 is 2.42 bits per heavy atom. The number of nitrogens with one attached hydrogen (secondary N) is 1. The molecule has 1 N–H and O–H groups in total. The molecule has 1 unspecified atom stereocenters. The molecule has 0 aromatic heterocycles. The van der Waals surface area contributed by atoms with Crippen LogP contribution in [-0.2, 0) is 4.74 Å². The standard InChI is InChI=1S/C10H19NO/c1-9(2)5-6-11-8-10-4-3-7-12-10/h5,10-11H,3-4,6-8H2,1-2H3. The summed E-state index contributed by atoms with van der Waals surface area (Å²) >= 11 is 0. The van der Waals surface area contributed by atoms with E-state index in [1.807, 2.05) is 0 Å². The van der Waals surface area contributed by atoms with Gasteiger partial charge in [0, 0.05) is 19.7 Å². The molecule has 0 aliphatic carbocycles. The zero-order chi connectivity index (χ0) is 8.81. The summed E-state index contributed by atoms with van der Waals surface area (Å²) < 4.78 is 5.48. The van der Waals surface area contributed by atoms with Crippen LogP contribution >= 0.6 is 0 Å². The number of rotatable bonds is 4. The van der Waals surface area contributed by atoms with E-state index in [1.54, 1.807) is 0 Å². The zero-order valence-corrected chi connectivity index (χ0v) is 8.10. The van der Waals surface area contributed by atoms with Gasteiger partial charge in [0.05, 0.1) is 6.10 Å². The zero-order valence-electron chi connectivity index (χ0n) is 8.10. The van der Waals surface area contributed by atoms with Crippen LogP contribution in [0.2, 0.25) is 0 Å². The molecule has 0 aromatic rings. The Kier molecular flexibility index (Phi) is 4.33. The first-order valence-electron chi connectivity index (χ1n) is 4.74. The Morgan fingerprint density at radius 3 is 3.00 bits per heavy atom. The Morgan fingerprint density at radius 1 is 1.58 bits per heavy atom. The molecule has 2 heteroatoms. The maximum Gasteiger partial charge on any atom is 0.0700 e. The van der Waals surface area contributed by atoms with E-state index in [9.17, 15) is 0 Å². The van der Waals surface area contributed by atoms with Gasteiger partial charge in [-0.1, -0.05) is 11.6 Å². The molecule has 1 aliphatic rings. The van der Waals surface area contributed by atoms with E-state index in [0.717, 1.165) is 19.7 Å². The van der Waals surface area contributed by atoms with Crippen LogP contribution in [0.3, 0.4) is 0 Å². The third-order valence-electron chi connectivity index (χ3n) is 2.05. The van der Waals surface area contributed by atoms with Crippen LogP contribution in [-0.4, -0.2) is 25.8 Å². The summed E-state index contributed by atoms with van der Waals surface area (Å²) in [5, 5.41) is 3.36. The van der Waals surface area contributed by atoms with E-state index >= 15 is 0 Å². The van der Waals surface area contributed by atoms with Crippen molar-refractivity contribution in [1.82, 2.24) is 5.32 Å². The van der Waals surface area contributed by atoms with E-state index in [0.29, 0.717) is 6.10 Å². The second-order valence-electron chi connectivity index (χ2n) is 3.57. The first kappa shape index (κ1) is 9.75. The maximum absolute atomic E-state index is 5.48. The van der Waals surface area contributed by atoms with Crippen LogP contribution in [0.25, 0.3) is 0 Å². The van der Waals surface area contributed by atoms with Crippen LogP contribution in [0.1, 0.15) is 26.7 Å². The SMILES string of the molecule is CC(C)=CCNCC1CCCO1. The van der Waals surface area contributed by atoms with Crippen molar-refractivity contribution in [3.8, 4) is 0 Å². The van der Waals surface area contributed by atoms with E-state index in [-0.39, 0.29) is 0 Å². The fraction of sp³-hybridized carbons (Fsp3) is 0.800. The Bertz CT molecular complexity index is 144. The van der Waals surface area contributed by atoms with Gasteiger partial charge in [-0.2, -0.15) is 0 Å². The number of allylic oxidation sites excluding steroid dienone is 1. The van der Waals surface area contributed by atoms with Crippen molar-refractivity contribution >= 4 is 0 Å². The lowest BCUT2D eigenvalue weighted by Gasteiger charge is -2.08. The number of ether oxygens (including phenoxy) is 1. The Hall–Kier alpha value is -0.340. The quantitative estimate of drug-likeness (QED) is 0.511. The Labute approximate surface area is 75.0 Å². The van der Waals surface area contributed by atoms with Crippen molar-refractivity contribution in [2.24, 2.45) is 0 Å². The van der Waals surface area contributed by atoms with Crippen LogP contribution in [0.4, 0.5) is 0 Å². The number of hydrogen-bond acceptors (Lipinski definition) is 2. The van der Waals surface area contributed by atoms with Gasteiger partial charge >= 0.3 is 0 Å². The molecular weight excluding hydrogens is 150 g/mol. The van der Waals surface area contributed by atoms with Crippen LogP contribution in [0, 0.1) is 0 Å². The minimum Gasteiger partial charge on any atom is -0.377 e. The lowest BCUT2D eigenvalue weighted by Crippen LogP contribution is -2.26. The topological polar surface area (TPSA) is 21.3 Å². The average molecular weight is 169 g/mol. The van der Waals surface area contributed by atoms with Gasteiger partial charge < -0.3 is 10.1 Å². The maximum atomic E-state index is 5.48. The van der Waals surface area contributed by atoms with Crippen molar-refractivity contribution < 1.29 is 4.74 Å². The van der Waals surface area contributed by atoms with Gasteiger partial charge in [0.15, 0.2) is 0 Å². The molecule has 1 atom stereocenters. The van der Waals surface area contributed by atoms with Crippen LogP contribution in [0.5, 0.6) is 0 Å². The summed E-state index contributed by atoms with van der Waals surface area (Å²) in [5.74, 6) is 0. The molecule has 70 valence electrons. The fourth-order valence-electron chi connectivity index (χ4n) is 1.33. The second-order valence-corrected chi connectivity index (χ2v) is 3.57. The molecule has 0 radical (unpaired) electrons. The Balaban J connectivity index is 1.98. The molecule has 0 spiro atoms. The third-order valence-corrected chi connectivity index (χ3v) is 2.05. The van der Waals surface area contributed by atoms with Gasteiger partial charge in [-0.05, 0) is 26.7 Å². The molecule has 0 aromatic carbocycles. The third kappa shape index (κ3) is 3.88. The highest BCUT2D eigenvalue weighted by Gasteiger charge is 2.13. The van der Waals surface area contributed by atoms with Gasteiger partial charge in [0.2, 0.25) is 0 Å². The molecule has 0 saturated carbocycles. The van der Waals surface area contributed by atoms with Crippen molar-refractivity contribution in [3.05, 3.63) is 11.6 Å². The summed E-state index contributed by atoms with van der Waals surface area (Å²) in [6.07, 6.45) is 5.13. The lowest BCUT2D eigenvalue weighted by molar-refractivity contribution is 0.111. The van der Waals surface area contributed by atoms with E-state index < -0.39 is 0 Å². The van der Waals surface area contributed by atoms with Crippen molar-refractivity contribution in [2.45, 2.75) is 32.8 Å². The van der Waals surface area contributed by atoms with Crippen LogP contribution < -0.4 is 5.32 Å². The molecule has 1 rings (SSSR count). The summed E-state index contributed by atoms with van der Waals surface area (Å²) in [5.41, 5.74) is 1.37. The minimum absolute atomic E-state index is 0.468. The fourth-order valence-corrected chi connectivity index (χ4v) is 1.33. The van der Waals surface area contributed by atoms with Crippen molar-refractivity contribution in [1.29, 1.82) is 0 Å². The van der Waals surface area contributed by atoms with E-state index in [2.05, 4.69) is 25.2 Å². The summed E-state index contributed by atoms with van der Waals surface area (Å²) in [7, 11) is 0. The monoisotopic (exact) mass is 169 g/mol. The largest absolute Gasteiger partial charge is 0.377 e. The molecule has 12 heavy (non-hydrogen) atoms. The molecule has 0 amide bonds. The molecule has 1 fully saturated rings. The van der Waals surface area contributed by atoms with Gasteiger partial charge in [0.25, 0.3) is 0 Å². The molecule has 0 bridgehead atoms. The summed E-state index contributed by atoms with van der Waals surface area (Å²) in [4.78, 5) is 0. The second kappa shape index (κ2) is 5.33. The average Bonchev–Trinajstić information content (AvgIpc) is 2.49. The van der Waals surface area contributed by atoms with Gasteiger partial charge in [-0.25, -0.2) is 0 Å². The first-order valence-corrected chi connectivity index (χ1v) is 4.74. The predicted molar refractivity (Wildman–Crippen MR) is 51.3 cm³/mol. The molecule has 1 heterocycles. The first-order chi connectivity index (χ1) is 5.79. The summed E-state index contributed by atoms with van der Waals surface area (Å²) in [6.45, 7) is 7.17. The highest BCUT2D eigenvalue weighted by molar-refractivity contribution is 4.94. The highest BCUT2D eigenvalue weighted by atomic mass is 16.5. The normalized spacial score (nSPS) is 22.7. The highest BCUT2D eigenvalue weighted by Crippen LogP contribution is 2.10. The summed E-state index contributed by atoms with van der Waals surface area (Å²) in [6, 6.07) is 0. The van der Waals surface area contributed by atoms with E-state index in [4.69, 9.17) is 4.74 Å². The van der Waals surface area contributed by atoms with Gasteiger partial charge in [-0.15, -0.1) is 0 Å². The van der Waals surface area contributed by atoms with Crippen LogP contribution in [0.15, 0.2) is 11.6 Å². The predicted octanol–water partition coefficient (Wildman–Crippen LogP) is 1.72. The van der Waals surface area contributed by atoms with E-state index in [1.165, 1.54) is 18.4 Å². The van der Waals surface area contributed by atoms with Crippen molar-refractivity contribution in [3.63, 3.8) is 0 Å². The van der Waals surface area contributed by atoms with Gasteiger partial charge in [-0.3, -0.25) is 0 Å². The van der Waals surface area contributed by atoms with Gasteiger partial charge in [0.1, 0.15) is 0 Å². The molecule has 1 aliphatic heterocycles. The lowest BCUT2D eigenvalue weighted by atomic mass is 10.2. The number of hydrogen-bond donors (Lipinski definition) is 1. The van der Waals surface area contributed by atoms with Crippen molar-refractivity contribution in [2.75, 3.05) is 19.7 Å². The molecule has 2 nitrogen and oxygen atoms in total.